The molecule has 1 saturated heterocycles. The van der Waals surface area contributed by atoms with Crippen LogP contribution in [0.5, 0.6) is 0 Å². The second-order valence-corrected chi connectivity index (χ2v) is 6.95. The number of carbonyl (C=O) groups is 2. The van der Waals surface area contributed by atoms with E-state index in [9.17, 15) is 9.59 Å². The Bertz CT molecular complexity index is 364. The van der Waals surface area contributed by atoms with Gasteiger partial charge in [-0.25, -0.2) is 0 Å². The SMILES string of the molecule is CC1C(=O)NC2(CCCC2)C(=O)N1CC(C)(C)C. The molecule has 4 nitrogen and oxygen atoms in total. The Labute approximate surface area is 109 Å². The fourth-order valence-corrected chi connectivity index (χ4v) is 3.02. The third-order valence-electron chi connectivity index (χ3n) is 3.98. The van der Waals surface area contributed by atoms with Crippen LogP contribution in [-0.4, -0.2) is 34.8 Å². The van der Waals surface area contributed by atoms with Crippen LogP contribution >= 0.6 is 0 Å². The van der Waals surface area contributed by atoms with Crippen molar-refractivity contribution >= 4 is 11.8 Å². The molecule has 1 saturated carbocycles. The zero-order valence-electron chi connectivity index (χ0n) is 11.9. The first-order valence-electron chi connectivity index (χ1n) is 6.88. The first-order valence-corrected chi connectivity index (χ1v) is 6.88. The number of hydrogen-bond acceptors (Lipinski definition) is 2. The number of amides is 2. The molecule has 18 heavy (non-hydrogen) atoms. The minimum Gasteiger partial charge on any atom is -0.340 e. The van der Waals surface area contributed by atoms with E-state index in [2.05, 4.69) is 26.1 Å². The predicted octanol–water partition coefficient (Wildman–Crippen LogP) is 1.69. The van der Waals surface area contributed by atoms with Gasteiger partial charge in [0.2, 0.25) is 11.8 Å². The van der Waals surface area contributed by atoms with Gasteiger partial charge in [0.05, 0.1) is 0 Å². The van der Waals surface area contributed by atoms with Crippen molar-refractivity contribution in [3.05, 3.63) is 0 Å². The first-order chi connectivity index (χ1) is 8.25. The molecule has 1 heterocycles. The summed E-state index contributed by atoms with van der Waals surface area (Å²) in [4.78, 5) is 26.6. The molecule has 0 bridgehead atoms. The molecule has 1 aliphatic heterocycles. The van der Waals surface area contributed by atoms with Crippen LogP contribution in [0.1, 0.15) is 53.4 Å². The van der Waals surface area contributed by atoms with Crippen LogP contribution in [0.3, 0.4) is 0 Å². The lowest BCUT2D eigenvalue weighted by atomic mass is 9.88. The molecule has 2 amide bonds. The van der Waals surface area contributed by atoms with E-state index in [-0.39, 0.29) is 23.3 Å². The molecule has 2 aliphatic rings. The molecule has 0 aromatic heterocycles. The van der Waals surface area contributed by atoms with Crippen LogP contribution in [-0.2, 0) is 9.59 Å². The van der Waals surface area contributed by atoms with Crippen LogP contribution in [0.4, 0.5) is 0 Å². The Balaban J connectivity index is 2.26. The molecule has 0 radical (unpaired) electrons. The zero-order chi connectivity index (χ0) is 13.6. The highest BCUT2D eigenvalue weighted by molar-refractivity contribution is 5.99. The monoisotopic (exact) mass is 252 g/mol. The molecule has 1 N–H and O–H groups in total. The number of piperazine rings is 1. The summed E-state index contributed by atoms with van der Waals surface area (Å²) in [6.45, 7) is 8.76. The molecular weight excluding hydrogens is 228 g/mol. The highest BCUT2D eigenvalue weighted by Crippen LogP contribution is 2.35. The largest absolute Gasteiger partial charge is 0.340 e. The van der Waals surface area contributed by atoms with Gasteiger partial charge in [-0.3, -0.25) is 9.59 Å². The van der Waals surface area contributed by atoms with E-state index in [1.165, 1.54) is 0 Å². The van der Waals surface area contributed by atoms with Crippen LogP contribution < -0.4 is 5.32 Å². The van der Waals surface area contributed by atoms with Crippen molar-refractivity contribution < 1.29 is 9.59 Å². The van der Waals surface area contributed by atoms with E-state index in [4.69, 9.17) is 0 Å². The van der Waals surface area contributed by atoms with Crippen molar-refractivity contribution in [2.45, 2.75) is 65.0 Å². The maximum Gasteiger partial charge on any atom is 0.249 e. The van der Waals surface area contributed by atoms with Crippen molar-refractivity contribution in [2.75, 3.05) is 6.54 Å². The second kappa shape index (κ2) is 4.25. The van der Waals surface area contributed by atoms with Gasteiger partial charge in [-0.05, 0) is 25.2 Å². The standard InChI is InChI=1S/C14H24N2O2/c1-10-11(17)15-14(7-5-6-8-14)12(18)16(10)9-13(2,3)4/h10H,5-9H2,1-4H3,(H,15,17). The van der Waals surface area contributed by atoms with Gasteiger partial charge in [0.1, 0.15) is 11.6 Å². The number of nitrogens with one attached hydrogen (secondary N) is 1. The van der Waals surface area contributed by atoms with E-state index in [0.29, 0.717) is 6.54 Å². The number of rotatable bonds is 1. The van der Waals surface area contributed by atoms with E-state index in [1.807, 2.05) is 6.92 Å². The van der Waals surface area contributed by atoms with Gasteiger partial charge in [0.15, 0.2) is 0 Å². The van der Waals surface area contributed by atoms with E-state index >= 15 is 0 Å². The van der Waals surface area contributed by atoms with E-state index < -0.39 is 5.54 Å². The number of nitrogens with zero attached hydrogens (tertiary/aromatic N) is 1. The molecular formula is C14H24N2O2. The molecule has 1 spiro atoms. The summed E-state index contributed by atoms with van der Waals surface area (Å²) in [7, 11) is 0. The van der Waals surface area contributed by atoms with Crippen molar-refractivity contribution in [1.82, 2.24) is 10.2 Å². The van der Waals surface area contributed by atoms with Crippen LogP contribution in [0.15, 0.2) is 0 Å². The third kappa shape index (κ3) is 2.25. The summed E-state index contributed by atoms with van der Waals surface area (Å²) < 4.78 is 0. The number of carbonyl (C=O) groups excluding carboxylic acids is 2. The lowest BCUT2D eigenvalue weighted by Gasteiger charge is -2.45. The third-order valence-corrected chi connectivity index (χ3v) is 3.98. The average Bonchev–Trinajstić information content (AvgIpc) is 2.70. The van der Waals surface area contributed by atoms with Gasteiger partial charge in [-0.2, -0.15) is 0 Å². The molecule has 2 fully saturated rings. The van der Waals surface area contributed by atoms with Gasteiger partial charge in [-0.15, -0.1) is 0 Å². The molecule has 2 rings (SSSR count). The van der Waals surface area contributed by atoms with Crippen molar-refractivity contribution in [3.8, 4) is 0 Å². The van der Waals surface area contributed by atoms with Crippen molar-refractivity contribution in [2.24, 2.45) is 5.41 Å². The minimum atomic E-state index is -0.588. The highest BCUT2D eigenvalue weighted by atomic mass is 16.2. The molecule has 0 aromatic rings. The Hall–Kier alpha value is -1.06. The molecule has 4 heteroatoms. The lowest BCUT2D eigenvalue weighted by Crippen LogP contribution is -2.69. The van der Waals surface area contributed by atoms with Crippen LogP contribution in [0.25, 0.3) is 0 Å². The maximum atomic E-state index is 12.7. The van der Waals surface area contributed by atoms with Crippen LogP contribution in [0.2, 0.25) is 0 Å². The van der Waals surface area contributed by atoms with E-state index in [0.717, 1.165) is 25.7 Å². The second-order valence-electron chi connectivity index (χ2n) is 6.95. The Morgan fingerprint density at radius 2 is 1.83 bits per heavy atom. The number of hydrogen-bond donors (Lipinski definition) is 1. The van der Waals surface area contributed by atoms with Gasteiger partial charge in [-0.1, -0.05) is 33.6 Å². The van der Waals surface area contributed by atoms with Gasteiger partial charge < -0.3 is 10.2 Å². The highest BCUT2D eigenvalue weighted by Gasteiger charge is 2.51. The summed E-state index contributed by atoms with van der Waals surface area (Å²) in [5, 5.41) is 2.98. The van der Waals surface area contributed by atoms with E-state index in [1.54, 1.807) is 4.90 Å². The molecule has 1 atom stereocenters. The summed E-state index contributed by atoms with van der Waals surface area (Å²) in [5.41, 5.74) is -0.573. The van der Waals surface area contributed by atoms with Gasteiger partial charge in [0.25, 0.3) is 0 Å². The molecule has 0 aromatic carbocycles. The normalized spacial score (nSPS) is 27.8. The Morgan fingerprint density at radius 3 is 2.33 bits per heavy atom. The average molecular weight is 252 g/mol. The zero-order valence-corrected chi connectivity index (χ0v) is 11.9. The molecule has 1 unspecified atom stereocenters. The van der Waals surface area contributed by atoms with Crippen LogP contribution in [0, 0.1) is 5.41 Å². The predicted molar refractivity (Wildman–Crippen MR) is 70.0 cm³/mol. The van der Waals surface area contributed by atoms with Crippen molar-refractivity contribution in [1.29, 1.82) is 0 Å². The van der Waals surface area contributed by atoms with Gasteiger partial charge in [0, 0.05) is 6.54 Å². The summed E-state index contributed by atoms with van der Waals surface area (Å²) in [6.07, 6.45) is 3.66. The lowest BCUT2D eigenvalue weighted by molar-refractivity contribution is -0.155. The summed E-state index contributed by atoms with van der Waals surface area (Å²) in [6, 6.07) is -0.344. The fourth-order valence-electron chi connectivity index (χ4n) is 3.02. The smallest absolute Gasteiger partial charge is 0.249 e. The topological polar surface area (TPSA) is 49.4 Å². The quantitative estimate of drug-likeness (QED) is 0.772. The Morgan fingerprint density at radius 1 is 1.28 bits per heavy atom. The summed E-state index contributed by atoms with van der Waals surface area (Å²) >= 11 is 0. The Kier molecular flexibility index (Phi) is 3.16. The molecule has 1 aliphatic carbocycles. The van der Waals surface area contributed by atoms with Crippen molar-refractivity contribution in [3.63, 3.8) is 0 Å². The molecule has 102 valence electrons. The summed E-state index contributed by atoms with van der Waals surface area (Å²) in [5.74, 6) is 0.128. The first kappa shape index (κ1) is 13.4. The fraction of sp³-hybridized carbons (Fsp3) is 0.857. The maximum absolute atomic E-state index is 12.7. The minimum absolute atomic E-state index is 0.000694. The van der Waals surface area contributed by atoms with Gasteiger partial charge >= 0.3 is 0 Å².